The van der Waals surface area contributed by atoms with Gasteiger partial charge in [-0.05, 0) is 5.56 Å². The molecule has 15 heavy (non-hydrogen) atoms. The molecule has 2 heteroatoms. The summed E-state index contributed by atoms with van der Waals surface area (Å²) in [6.07, 6.45) is 3.83. The van der Waals surface area contributed by atoms with Crippen molar-refractivity contribution in [2.45, 2.75) is 6.92 Å². The molecule has 0 saturated carbocycles. The first kappa shape index (κ1) is 11.0. The average Bonchev–Trinajstić information content (AvgIpc) is 2.29. The molecule has 0 aliphatic carbocycles. The summed E-state index contributed by atoms with van der Waals surface area (Å²) in [4.78, 5) is 0. The standard InChI is InChI=1S/C13H12N2/c1-11(13(9-14)10-15)7-8-12-5-3-2-4-6-12/h2-8,11,13H,1H3/b8-7+. The van der Waals surface area contributed by atoms with Crippen molar-refractivity contribution in [3.8, 4) is 12.1 Å². The van der Waals surface area contributed by atoms with Gasteiger partial charge in [-0.25, -0.2) is 0 Å². The van der Waals surface area contributed by atoms with Crippen LogP contribution in [-0.4, -0.2) is 0 Å². The van der Waals surface area contributed by atoms with E-state index in [2.05, 4.69) is 0 Å². The number of nitrogens with zero attached hydrogens (tertiary/aromatic N) is 2. The van der Waals surface area contributed by atoms with Gasteiger partial charge < -0.3 is 0 Å². The van der Waals surface area contributed by atoms with Crippen molar-refractivity contribution in [2.75, 3.05) is 0 Å². The third-order valence-corrected chi connectivity index (χ3v) is 2.20. The first-order valence-electron chi connectivity index (χ1n) is 4.80. The van der Waals surface area contributed by atoms with Crippen LogP contribution in [0, 0.1) is 34.5 Å². The second-order valence-corrected chi connectivity index (χ2v) is 3.36. The monoisotopic (exact) mass is 196 g/mol. The van der Waals surface area contributed by atoms with E-state index in [1.807, 2.05) is 61.5 Å². The minimum Gasteiger partial charge on any atom is -0.197 e. The Morgan fingerprint density at radius 3 is 2.27 bits per heavy atom. The van der Waals surface area contributed by atoms with Crippen LogP contribution in [0.15, 0.2) is 36.4 Å². The molecular formula is C13H12N2. The lowest BCUT2D eigenvalue weighted by Gasteiger charge is -2.04. The Bertz CT molecular complexity index is 392. The summed E-state index contributed by atoms with van der Waals surface area (Å²) in [5.74, 6) is -0.606. The van der Waals surface area contributed by atoms with Crippen LogP contribution >= 0.6 is 0 Å². The Balaban J connectivity index is 2.68. The molecular weight excluding hydrogens is 184 g/mol. The van der Waals surface area contributed by atoms with Crippen LogP contribution in [0.1, 0.15) is 12.5 Å². The zero-order valence-corrected chi connectivity index (χ0v) is 8.59. The van der Waals surface area contributed by atoms with Gasteiger partial charge in [0.1, 0.15) is 5.92 Å². The number of hydrogen-bond acceptors (Lipinski definition) is 2. The molecule has 1 aromatic carbocycles. The smallest absolute Gasteiger partial charge is 0.139 e. The van der Waals surface area contributed by atoms with Gasteiger partial charge in [-0.2, -0.15) is 10.5 Å². The first-order valence-corrected chi connectivity index (χ1v) is 4.80. The van der Waals surface area contributed by atoms with Gasteiger partial charge in [-0.3, -0.25) is 0 Å². The maximum atomic E-state index is 8.69. The van der Waals surface area contributed by atoms with E-state index in [1.54, 1.807) is 0 Å². The third kappa shape index (κ3) is 3.29. The molecule has 0 bridgehead atoms. The molecule has 0 N–H and O–H groups in total. The van der Waals surface area contributed by atoms with Gasteiger partial charge in [-0.15, -0.1) is 0 Å². The summed E-state index contributed by atoms with van der Waals surface area (Å²) in [6.45, 7) is 1.87. The number of benzene rings is 1. The molecule has 0 radical (unpaired) electrons. The maximum Gasteiger partial charge on any atom is 0.139 e. The van der Waals surface area contributed by atoms with Gasteiger partial charge in [0.25, 0.3) is 0 Å². The predicted octanol–water partition coefficient (Wildman–Crippen LogP) is 3.00. The number of hydrogen-bond donors (Lipinski definition) is 0. The van der Waals surface area contributed by atoms with Gasteiger partial charge in [-0.1, -0.05) is 49.4 Å². The highest BCUT2D eigenvalue weighted by Crippen LogP contribution is 2.13. The van der Waals surface area contributed by atoms with Crippen LogP contribution in [0.4, 0.5) is 0 Å². The SMILES string of the molecule is CC(/C=C/c1ccccc1)C(C#N)C#N. The van der Waals surface area contributed by atoms with E-state index in [1.165, 1.54) is 0 Å². The first-order chi connectivity index (χ1) is 7.27. The molecule has 1 atom stereocenters. The van der Waals surface area contributed by atoms with Gasteiger partial charge in [0, 0.05) is 5.92 Å². The van der Waals surface area contributed by atoms with E-state index in [9.17, 15) is 0 Å². The molecule has 1 aromatic rings. The van der Waals surface area contributed by atoms with Gasteiger partial charge in [0.05, 0.1) is 12.1 Å². The molecule has 1 unspecified atom stereocenters. The van der Waals surface area contributed by atoms with E-state index in [-0.39, 0.29) is 5.92 Å². The van der Waals surface area contributed by atoms with Gasteiger partial charge in [0.2, 0.25) is 0 Å². The summed E-state index contributed by atoms with van der Waals surface area (Å²) >= 11 is 0. The predicted molar refractivity (Wildman–Crippen MR) is 59.4 cm³/mol. The summed E-state index contributed by atoms with van der Waals surface area (Å²) in [5, 5.41) is 17.4. The molecule has 1 rings (SSSR count). The fourth-order valence-corrected chi connectivity index (χ4v) is 1.20. The van der Waals surface area contributed by atoms with Crippen molar-refractivity contribution in [1.82, 2.24) is 0 Å². The zero-order chi connectivity index (χ0) is 11.1. The van der Waals surface area contributed by atoms with E-state index in [0.717, 1.165) is 5.56 Å². The quantitative estimate of drug-likeness (QED) is 0.746. The van der Waals surface area contributed by atoms with Crippen LogP contribution in [0.2, 0.25) is 0 Å². The molecule has 0 aliphatic rings. The number of nitriles is 2. The molecule has 0 aliphatic heterocycles. The second-order valence-electron chi connectivity index (χ2n) is 3.36. The zero-order valence-electron chi connectivity index (χ0n) is 8.59. The van der Waals surface area contributed by atoms with E-state index in [4.69, 9.17) is 10.5 Å². The Morgan fingerprint density at radius 2 is 1.73 bits per heavy atom. The molecule has 0 heterocycles. The average molecular weight is 196 g/mol. The van der Waals surface area contributed by atoms with Crippen LogP contribution < -0.4 is 0 Å². The van der Waals surface area contributed by atoms with E-state index in [0.29, 0.717) is 0 Å². The topological polar surface area (TPSA) is 47.6 Å². The van der Waals surface area contributed by atoms with Gasteiger partial charge in [0.15, 0.2) is 0 Å². The Hall–Kier alpha value is -2.06. The largest absolute Gasteiger partial charge is 0.197 e. The highest BCUT2D eigenvalue weighted by atomic mass is 14.3. The fourth-order valence-electron chi connectivity index (χ4n) is 1.20. The van der Waals surface area contributed by atoms with Crippen molar-refractivity contribution >= 4 is 6.08 Å². The minimum atomic E-state index is -0.565. The number of allylic oxidation sites excluding steroid dienone is 1. The maximum absolute atomic E-state index is 8.69. The van der Waals surface area contributed by atoms with E-state index >= 15 is 0 Å². The van der Waals surface area contributed by atoms with Crippen molar-refractivity contribution in [1.29, 1.82) is 10.5 Å². The van der Waals surface area contributed by atoms with Crippen molar-refractivity contribution < 1.29 is 0 Å². The normalized spacial score (nSPS) is 12.3. The molecule has 0 saturated heterocycles. The number of rotatable bonds is 3. The molecule has 0 spiro atoms. The van der Waals surface area contributed by atoms with Crippen molar-refractivity contribution in [3.63, 3.8) is 0 Å². The van der Waals surface area contributed by atoms with Crippen LogP contribution in [0.3, 0.4) is 0 Å². The second kappa shape index (κ2) is 5.62. The fraction of sp³-hybridized carbons (Fsp3) is 0.231. The Morgan fingerprint density at radius 1 is 1.13 bits per heavy atom. The Labute approximate surface area is 90.1 Å². The van der Waals surface area contributed by atoms with Crippen LogP contribution in [0.25, 0.3) is 6.08 Å². The highest BCUT2D eigenvalue weighted by Gasteiger charge is 2.11. The lowest BCUT2D eigenvalue weighted by atomic mass is 9.96. The van der Waals surface area contributed by atoms with Crippen LogP contribution in [0.5, 0.6) is 0 Å². The molecule has 74 valence electrons. The summed E-state index contributed by atoms with van der Waals surface area (Å²) < 4.78 is 0. The molecule has 2 nitrogen and oxygen atoms in total. The Kier molecular flexibility index (Phi) is 4.13. The van der Waals surface area contributed by atoms with E-state index < -0.39 is 5.92 Å². The van der Waals surface area contributed by atoms with Crippen LogP contribution in [-0.2, 0) is 0 Å². The summed E-state index contributed by atoms with van der Waals surface area (Å²) in [6, 6.07) is 13.8. The minimum absolute atomic E-state index is 0.0415. The summed E-state index contributed by atoms with van der Waals surface area (Å²) in [5.41, 5.74) is 1.08. The molecule has 0 fully saturated rings. The molecule has 0 aromatic heterocycles. The lowest BCUT2D eigenvalue weighted by molar-refractivity contribution is 0.637. The van der Waals surface area contributed by atoms with Crippen molar-refractivity contribution in [2.24, 2.45) is 11.8 Å². The van der Waals surface area contributed by atoms with Gasteiger partial charge >= 0.3 is 0 Å². The highest BCUT2D eigenvalue weighted by molar-refractivity contribution is 5.49. The lowest BCUT2D eigenvalue weighted by Crippen LogP contribution is -2.03. The third-order valence-electron chi connectivity index (χ3n) is 2.20. The van der Waals surface area contributed by atoms with Crippen molar-refractivity contribution in [3.05, 3.63) is 42.0 Å². The molecule has 0 amide bonds. The summed E-state index contributed by atoms with van der Waals surface area (Å²) in [7, 11) is 0.